The summed E-state index contributed by atoms with van der Waals surface area (Å²) >= 11 is 2.23. The van der Waals surface area contributed by atoms with E-state index in [1.807, 2.05) is 0 Å². The normalized spacial score (nSPS) is 14.5. The summed E-state index contributed by atoms with van der Waals surface area (Å²) in [5.74, 6) is 0. The van der Waals surface area contributed by atoms with Crippen molar-refractivity contribution in [2.45, 2.75) is 12.8 Å². The number of allylic oxidation sites excluding steroid dienone is 3. The van der Waals surface area contributed by atoms with E-state index < -0.39 is 0 Å². The first kappa shape index (κ1) is 16.2. The van der Waals surface area contributed by atoms with Crippen LogP contribution in [0.2, 0.25) is 0 Å². The Morgan fingerprint density at radius 3 is 2.38 bits per heavy atom. The van der Waals surface area contributed by atoms with Crippen LogP contribution in [0.4, 0.5) is 0 Å². The summed E-state index contributed by atoms with van der Waals surface area (Å²) in [5.41, 5.74) is 1.54. The molecule has 0 aromatic rings. The molecule has 0 bridgehead atoms. The Kier molecular flexibility index (Phi) is 10.0. The largest absolute Gasteiger partial charge is 1.00 e. The number of rotatable bonds is 3. The molecule has 0 N–H and O–H groups in total. The maximum atomic E-state index is 2.26. The van der Waals surface area contributed by atoms with Gasteiger partial charge in [0.1, 0.15) is 0 Å². The second-order valence-corrected chi connectivity index (χ2v) is 4.11. The minimum atomic E-state index is 0. The van der Waals surface area contributed by atoms with E-state index in [0.29, 0.717) is 0 Å². The Hall–Kier alpha value is 0.734. The van der Waals surface area contributed by atoms with Crippen molar-refractivity contribution in [1.29, 1.82) is 0 Å². The van der Waals surface area contributed by atoms with E-state index in [2.05, 4.69) is 51.6 Å². The van der Waals surface area contributed by atoms with Gasteiger partial charge in [0.15, 0.2) is 0 Å². The van der Waals surface area contributed by atoms with E-state index in [0.717, 1.165) is 6.54 Å². The zero-order chi connectivity index (χ0) is 8.27. The molecule has 73 valence electrons. The van der Waals surface area contributed by atoms with Gasteiger partial charge in [-0.25, -0.2) is 0 Å². The van der Waals surface area contributed by atoms with Gasteiger partial charge < -0.3 is 24.8 Å². The van der Waals surface area contributed by atoms with Crippen LogP contribution in [-0.4, -0.2) is 25.5 Å². The van der Waals surface area contributed by atoms with Crippen LogP contribution in [0.15, 0.2) is 21.6 Å². The van der Waals surface area contributed by atoms with Crippen molar-refractivity contribution >= 4 is 0 Å². The Morgan fingerprint density at radius 1 is 1.38 bits per heavy atom. The van der Waals surface area contributed by atoms with Crippen molar-refractivity contribution in [1.82, 2.24) is 4.90 Å². The molecule has 0 heterocycles. The van der Waals surface area contributed by atoms with E-state index in [4.69, 9.17) is 0 Å². The molecule has 0 saturated carbocycles. The molecular weight excluding hydrogens is 241 g/mol. The summed E-state index contributed by atoms with van der Waals surface area (Å²) < 4.78 is 1.55. The minimum absolute atomic E-state index is 0. The molecule has 1 aliphatic rings. The Balaban J connectivity index is 0. The molecule has 13 heavy (non-hydrogen) atoms. The fraction of sp³-hybridized carbons (Fsp3) is 0.556. The molecule has 0 aromatic carbocycles. The van der Waals surface area contributed by atoms with Gasteiger partial charge in [-0.3, -0.25) is 0 Å². The molecule has 0 spiro atoms. The van der Waals surface area contributed by atoms with Crippen molar-refractivity contribution in [2.24, 2.45) is 0 Å². The zero-order valence-electron chi connectivity index (χ0n) is 7.98. The molecule has 1 aliphatic carbocycles. The van der Waals surface area contributed by atoms with Gasteiger partial charge in [-0.05, 0) is 0 Å². The topological polar surface area (TPSA) is 3.24 Å². The summed E-state index contributed by atoms with van der Waals surface area (Å²) in [6.45, 7) is 1.16. The second kappa shape index (κ2) is 8.08. The predicted molar refractivity (Wildman–Crippen MR) is 44.0 cm³/mol. The Bertz CT molecular complexity index is 200. The summed E-state index contributed by atoms with van der Waals surface area (Å²) in [5, 5.41) is 0. The summed E-state index contributed by atoms with van der Waals surface area (Å²) in [4.78, 5) is 2.23. The molecule has 0 atom stereocenters. The first-order valence-electron chi connectivity index (χ1n) is 3.95. The smallest absolute Gasteiger partial charge is 1.00 e. The van der Waals surface area contributed by atoms with Crippen molar-refractivity contribution in [3.63, 3.8) is 0 Å². The molecular formula is C9H14Cl2NTi. The van der Waals surface area contributed by atoms with Crippen molar-refractivity contribution in [3.8, 4) is 0 Å². The second-order valence-electron chi connectivity index (χ2n) is 3.16. The molecule has 0 aromatic heterocycles. The maximum absolute atomic E-state index is 2.26. The van der Waals surface area contributed by atoms with Crippen LogP contribution in [0.5, 0.6) is 0 Å². The maximum Gasteiger partial charge on any atom is -1.00 e. The van der Waals surface area contributed by atoms with Crippen molar-refractivity contribution in [2.75, 3.05) is 20.6 Å². The summed E-state index contributed by atoms with van der Waals surface area (Å²) in [6.07, 6.45) is 6.89. The minimum Gasteiger partial charge on any atom is -1.00 e. The average molecular weight is 255 g/mol. The molecule has 0 fully saturated rings. The van der Waals surface area contributed by atoms with E-state index in [1.165, 1.54) is 12.8 Å². The van der Waals surface area contributed by atoms with Crippen LogP contribution >= 0.6 is 0 Å². The van der Waals surface area contributed by atoms with Crippen molar-refractivity contribution < 1.29 is 45.2 Å². The third-order valence-corrected chi connectivity index (χ3v) is 2.68. The van der Waals surface area contributed by atoms with Gasteiger partial charge in [-0.1, -0.05) is 0 Å². The van der Waals surface area contributed by atoms with Crippen molar-refractivity contribution in [3.05, 3.63) is 21.6 Å². The van der Waals surface area contributed by atoms with E-state index in [1.54, 1.807) is 9.45 Å². The predicted octanol–water partition coefficient (Wildman–Crippen LogP) is -4.29. The quantitative estimate of drug-likeness (QED) is 0.461. The monoisotopic (exact) mass is 254 g/mol. The third kappa shape index (κ3) is 5.93. The number of hydrogen-bond donors (Lipinski definition) is 0. The van der Waals surface area contributed by atoms with E-state index in [-0.39, 0.29) is 24.8 Å². The SMILES string of the molecule is CN(C)CCC1=[C]([Ti+2])CC=C1.[Cl-].[Cl-]. The molecule has 4 heteroatoms. The molecule has 1 nitrogen and oxygen atoms in total. The number of nitrogens with zero attached hydrogens (tertiary/aromatic N) is 1. The van der Waals surface area contributed by atoms with Gasteiger partial charge in [0.05, 0.1) is 0 Å². The first-order valence-corrected chi connectivity index (χ1v) is 4.73. The fourth-order valence-corrected chi connectivity index (χ4v) is 1.64. The first-order chi connectivity index (χ1) is 5.20. The fourth-order valence-electron chi connectivity index (χ4n) is 1.13. The van der Waals surface area contributed by atoms with E-state index >= 15 is 0 Å². The average Bonchev–Trinajstić information content (AvgIpc) is 2.31. The number of hydrogen-bond acceptors (Lipinski definition) is 1. The van der Waals surface area contributed by atoms with E-state index in [9.17, 15) is 0 Å². The van der Waals surface area contributed by atoms with Gasteiger partial charge in [-0.2, -0.15) is 0 Å². The van der Waals surface area contributed by atoms with Gasteiger partial charge in [0.25, 0.3) is 0 Å². The molecule has 1 rings (SSSR count). The van der Waals surface area contributed by atoms with Gasteiger partial charge >= 0.3 is 80.4 Å². The summed E-state index contributed by atoms with van der Waals surface area (Å²) in [7, 11) is 4.24. The van der Waals surface area contributed by atoms with Crippen LogP contribution in [0, 0.1) is 0 Å². The van der Waals surface area contributed by atoms with Crippen LogP contribution < -0.4 is 24.8 Å². The number of halogens is 2. The molecule has 0 unspecified atom stereocenters. The van der Waals surface area contributed by atoms with Crippen LogP contribution in [0.3, 0.4) is 0 Å². The van der Waals surface area contributed by atoms with Crippen LogP contribution in [0.25, 0.3) is 0 Å². The van der Waals surface area contributed by atoms with Crippen LogP contribution in [0.1, 0.15) is 12.8 Å². The van der Waals surface area contributed by atoms with Gasteiger partial charge in [0.2, 0.25) is 0 Å². The molecule has 0 aliphatic heterocycles. The molecule has 0 radical (unpaired) electrons. The Morgan fingerprint density at radius 2 is 2.00 bits per heavy atom. The standard InChI is InChI=1S/C9H14N.2ClH.Ti/c1-10(2)8-7-9-5-3-4-6-9;;;/h3,5H,4,7-8H2,1-2H3;2*1H;/q;;;+2/p-2. The van der Waals surface area contributed by atoms with Gasteiger partial charge in [0, 0.05) is 0 Å². The third-order valence-electron chi connectivity index (χ3n) is 1.86. The summed E-state index contributed by atoms with van der Waals surface area (Å²) in [6, 6.07) is 0. The Labute approximate surface area is 105 Å². The molecule has 0 saturated heterocycles. The molecule has 0 amide bonds. The zero-order valence-corrected chi connectivity index (χ0v) is 11.1. The van der Waals surface area contributed by atoms with Gasteiger partial charge in [-0.15, -0.1) is 0 Å². The van der Waals surface area contributed by atoms with Crippen LogP contribution in [-0.2, 0) is 20.4 Å².